The Morgan fingerprint density at radius 1 is 0.947 bits per heavy atom. The molecule has 0 saturated heterocycles. The van der Waals surface area contributed by atoms with Crippen molar-refractivity contribution in [2.75, 3.05) is 29.0 Å². The minimum absolute atomic E-state index is 0.760. The number of rotatable bonds is 5. The molecule has 0 unspecified atom stereocenters. The van der Waals surface area contributed by atoms with Crippen molar-refractivity contribution >= 4 is 22.7 Å². The zero-order valence-corrected chi connectivity index (χ0v) is 11.6. The van der Waals surface area contributed by atoms with Crippen molar-refractivity contribution in [3.8, 4) is 0 Å². The SMILES string of the molecule is CCN(CC)c1ccc(Nc2ccccc2N)cc1. The van der Waals surface area contributed by atoms with Crippen molar-refractivity contribution in [2.24, 2.45) is 0 Å². The molecule has 19 heavy (non-hydrogen) atoms. The number of para-hydroxylation sites is 2. The van der Waals surface area contributed by atoms with Gasteiger partial charge >= 0.3 is 0 Å². The van der Waals surface area contributed by atoms with Crippen LogP contribution in [0.5, 0.6) is 0 Å². The molecule has 2 aromatic rings. The highest BCUT2D eigenvalue weighted by Crippen LogP contribution is 2.24. The summed E-state index contributed by atoms with van der Waals surface area (Å²) in [5.74, 6) is 0. The number of nitrogens with two attached hydrogens (primary N) is 1. The summed E-state index contributed by atoms with van der Waals surface area (Å²) in [4.78, 5) is 2.32. The molecule has 0 radical (unpaired) electrons. The highest BCUT2D eigenvalue weighted by Gasteiger charge is 2.02. The minimum Gasteiger partial charge on any atom is -0.397 e. The first-order chi connectivity index (χ1) is 9.24. The molecule has 0 aliphatic carbocycles. The molecule has 0 aromatic heterocycles. The molecule has 0 bridgehead atoms. The van der Waals surface area contributed by atoms with Gasteiger partial charge in [-0.15, -0.1) is 0 Å². The molecule has 3 heteroatoms. The van der Waals surface area contributed by atoms with Crippen molar-refractivity contribution in [3.63, 3.8) is 0 Å². The summed E-state index contributed by atoms with van der Waals surface area (Å²) in [7, 11) is 0. The molecule has 0 atom stereocenters. The molecule has 3 N–H and O–H groups in total. The predicted molar refractivity (Wildman–Crippen MR) is 84.1 cm³/mol. The van der Waals surface area contributed by atoms with Gasteiger partial charge in [-0.2, -0.15) is 0 Å². The smallest absolute Gasteiger partial charge is 0.0617 e. The van der Waals surface area contributed by atoms with Crippen LogP contribution in [-0.2, 0) is 0 Å². The molecule has 0 saturated carbocycles. The van der Waals surface area contributed by atoms with E-state index in [1.165, 1.54) is 5.69 Å². The zero-order chi connectivity index (χ0) is 13.7. The second-order valence-electron chi connectivity index (χ2n) is 4.43. The lowest BCUT2D eigenvalue weighted by Crippen LogP contribution is -2.21. The molecule has 2 rings (SSSR count). The van der Waals surface area contributed by atoms with E-state index < -0.39 is 0 Å². The standard InChI is InChI=1S/C16H21N3/c1-3-19(4-2)14-11-9-13(10-12-14)18-16-8-6-5-7-15(16)17/h5-12,18H,3-4,17H2,1-2H3. The van der Waals surface area contributed by atoms with Gasteiger partial charge in [-0.3, -0.25) is 0 Å². The molecular formula is C16H21N3. The molecule has 0 heterocycles. The van der Waals surface area contributed by atoms with E-state index in [1.807, 2.05) is 24.3 Å². The second kappa shape index (κ2) is 6.14. The van der Waals surface area contributed by atoms with Gasteiger partial charge in [0.2, 0.25) is 0 Å². The van der Waals surface area contributed by atoms with Crippen molar-refractivity contribution in [1.29, 1.82) is 0 Å². The van der Waals surface area contributed by atoms with E-state index in [0.717, 1.165) is 30.2 Å². The van der Waals surface area contributed by atoms with Gasteiger partial charge in [-0.05, 0) is 50.2 Å². The fourth-order valence-corrected chi connectivity index (χ4v) is 2.11. The maximum atomic E-state index is 5.92. The monoisotopic (exact) mass is 255 g/mol. The Hall–Kier alpha value is -2.16. The molecule has 0 fully saturated rings. The van der Waals surface area contributed by atoms with Crippen LogP contribution in [0.15, 0.2) is 48.5 Å². The van der Waals surface area contributed by atoms with Gasteiger partial charge in [0.15, 0.2) is 0 Å². The fraction of sp³-hybridized carbons (Fsp3) is 0.250. The van der Waals surface area contributed by atoms with E-state index in [-0.39, 0.29) is 0 Å². The molecule has 3 nitrogen and oxygen atoms in total. The number of nitrogens with one attached hydrogen (secondary N) is 1. The molecule has 100 valence electrons. The van der Waals surface area contributed by atoms with Crippen molar-refractivity contribution in [1.82, 2.24) is 0 Å². The van der Waals surface area contributed by atoms with E-state index in [0.29, 0.717) is 0 Å². The van der Waals surface area contributed by atoms with Crippen molar-refractivity contribution < 1.29 is 0 Å². The topological polar surface area (TPSA) is 41.3 Å². The summed E-state index contributed by atoms with van der Waals surface area (Å²) in [6, 6.07) is 16.2. The molecular weight excluding hydrogens is 234 g/mol. The minimum atomic E-state index is 0.760. The zero-order valence-electron chi connectivity index (χ0n) is 11.6. The second-order valence-corrected chi connectivity index (χ2v) is 4.43. The Kier molecular flexibility index (Phi) is 4.29. The molecule has 2 aromatic carbocycles. The van der Waals surface area contributed by atoms with Gasteiger partial charge in [0, 0.05) is 24.5 Å². The summed E-state index contributed by atoms with van der Waals surface area (Å²) < 4.78 is 0. The number of hydrogen-bond donors (Lipinski definition) is 2. The number of benzene rings is 2. The summed E-state index contributed by atoms with van der Waals surface area (Å²) >= 11 is 0. The number of nitrogens with zero attached hydrogens (tertiary/aromatic N) is 1. The summed E-state index contributed by atoms with van der Waals surface area (Å²) in [6.45, 7) is 6.38. The Morgan fingerprint density at radius 2 is 1.58 bits per heavy atom. The van der Waals surface area contributed by atoms with Crippen LogP contribution < -0.4 is 16.0 Å². The number of hydrogen-bond acceptors (Lipinski definition) is 3. The van der Waals surface area contributed by atoms with Crippen LogP contribution in [0.25, 0.3) is 0 Å². The van der Waals surface area contributed by atoms with Crippen LogP contribution in [0.4, 0.5) is 22.7 Å². The van der Waals surface area contributed by atoms with Gasteiger partial charge in [0.1, 0.15) is 0 Å². The lowest BCUT2D eigenvalue weighted by Gasteiger charge is -2.21. The predicted octanol–water partition coefficient (Wildman–Crippen LogP) is 3.86. The Bertz CT molecular complexity index is 516. The third-order valence-corrected chi connectivity index (χ3v) is 3.24. The number of anilines is 4. The van der Waals surface area contributed by atoms with E-state index >= 15 is 0 Å². The summed E-state index contributed by atoms with van der Waals surface area (Å²) in [6.07, 6.45) is 0. The van der Waals surface area contributed by atoms with Gasteiger partial charge in [-0.25, -0.2) is 0 Å². The first kappa shape index (κ1) is 13.3. The van der Waals surface area contributed by atoms with Gasteiger partial charge in [-0.1, -0.05) is 12.1 Å². The average molecular weight is 255 g/mol. The summed E-state index contributed by atoms with van der Waals surface area (Å²) in [5, 5.41) is 3.33. The maximum absolute atomic E-state index is 5.92. The van der Waals surface area contributed by atoms with Crippen molar-refractivity contribution in [3.05, 3.63) is 48.5 Å². The Balaban J connectivity index is 2.13. The van der Waals surface area contributed by atoms with Gasteiger partial charge < -0.3 is 16.0 Å². The Labute approximate surface area is 115 Å². The first-order valence-electron chi connectivity index (χ1n) is 6.71. The van der Waals surface area contributed by atoms with Crippen LogP contribution >= 0.6 is 0 Å². The van der Waals surface area contributed by atoms with E-state index in [1.54, 1.807) is 0 Å². The molecule has 0 spiro atoms. The van der Waals surface area contributed by atoms with Gasteiger partial charge in [0.05, 0.1) is 11.4 Å². The highest BCUT2D eigenvalue weighted by atomic mass is 15.1. The van der Waals surface area contributed by atoms with Crippen LogP contribution in [0.3, 0.4) is 0 Å². The van der Waals surface area contributed by atoms with Crippen LogP contribution in [0.2, 0.25) is 0 Å². The Morgan fingerprint density at radius 3 is 2.16 bits per heavy atom. The summed E-state index contributed by atoms with van der Waals surface area (Å²) in [5.41, 5.74) is 9.92. The van der Waals surface area contributed by atoms with E-state index in [4.69, 9.17) is 5.73 Å². The normalized spacial score (nSPS) is 10.2. The van der Waals surface area contributed by atoms with E-state index in [2.05, 4.69) is 48.3 Å². The maximum Gasteiger partial charge on any atom is 0.0617 e. The van der Waals surface area contributed by atoms with Crippen molar-refractivity contribution in [2.45, 2.75) is 13.8 Å². The third-order valence-electron chi connectivity index (χ3n) is 3.24. The first-order valence-corrected chi connectivity index (χ1v) is 6.71. The molecule has 0 aliphatic heterocycles. The largest absolute Gasteiger partial charge is 0.397 e. The highest BCUT2D eigenvalue weighted by molar-refractivity contribution is 5.73. The molecule has 0 amide bonds. The van der Waals surface area contributed by atoms with Crippen LogP contribution in [-0.4, -0.2) is 13.1 Å². The van der Waals surface area contributed by atoms with E-state index in [9.17, 15) is 0 Å². The van der Waals surface area contributed by atoms with Gasteiger partial charge in [0.25, 0.3) is 0 Å². The van der Waals surface area contributed by atoms with Crippen LogP contribution in [0, 0.1) is 0 Å². The fourth-order valence-electron chi connectivity index (χ4n) is 2.11. The lowest BCUT2D eigenvalue weighted by atomic mass is 10.2. The average Bonchev–Trinajstić information content (AvgIpc) is 2.44. The van der Waals surface area contributed by atoms with Crippen LogP contribution in [0.1, 0.15) is 13.8 Å². The third kappa shape index (κ3) is 3.19. The lowest BCUT2D eigenvalue weighted by molar-refractivity contribution is 0.866. The molecule has 0 aliphatic rings. The quantitative estimate of drug-likeness (QED) is 0.797. The number of nitrogen functional groups attached to an aromatic ring is 1.